The lowest BCUT2D eigenvalue weighted by atomic mass is 10.3. The second-order valence-electron chi connectivity index (χ2n) is 4.60. The minimum absolute atomic E-state index is 0.224. The lowest BCUT2D eigenvalue weighted by Gasteiger charge is -2.11. The zero-order chi connectivity index (χ0) is 15.4. The minimum Gasteiger partial charge on any atom is -0.475 e. The number of aromatic nitrogens is 4. The van der Waals surface area contributed by atoms with Crippen molar-refractivity contribution in [2.75, 3.05) is 11.9 Å². The Labute approximate surface area is 125 Å². The smallest absolute Gasteiger partial charge is 0.260 e. The highest BCUT2D eigenvalue weighted by atomic mass is 19.1. The molecule has 2 aromatic heterocycles. The van der Waals surface area contributed by atoms with Gasteiger partial charge in [0.15, 0.2) is 5.82 Å². The summed E-state index contributed by atoms with van der Waals surface area (Å²) in [5, 5.41) is 10.1. The Morgan fingerprint density at radius 3 is 2.73 bits per heavy atom. The predicted molar refractivity (Wildman–Crippen MR) is 77.5 cm³/mol. The van der Waals surface area contributed by atoms with Gasteiger partial charge in [0.05, 0.1) is 12.3 Å². The van der Waals surface area contributed by atoms with Crippen LogP contribution < -0.4 is 10.1 Å². The number of ether oxygens (including phenoxy) is 1. The van der Waals surface area contributed by atoms with Crippen LogP contribution in [-0.2, 0) is 0 Å². The van der Waals surface area contributed by atoms with Gasteiger partial charge in [-0.2, -0.15) is 9.97 Å². The standard InChI is InChI=1S/C14H14FN5O2/c1-2-3-8-21-14-13(16-10-7-5-4-6-9(10)15)17-11-12(18-14)20-22-19-11/h4-7H,2-3,8H2,1H3,(H,16,17,19). The molecule has 0 bridgehead atoms. The molecular weight excluding hydrogens is 289 g/mol. The van der Waals surface area contributed by atoms with E-state index in [1.165, 1.54) is 6.07 Å². The maximum atomic E-state index is 13.8. The quantitative estimate of drug-likeness (QED) is 0.700. The van der Waals surface area contributed by atoms with Crippen LogP contribution in [0.4, 0.5) is 15.9 Å². The van der Waals surface area contributed by atoms with Gasteiger partial charge in [-0.25, -0.2) is 9.02 Å². The molecule has 0 unspecified atom stereocenters. The van der Waals surface area contributed by atoms with Crippen molar-refractivity contribution in [2.24, 2.45) is 0 Å². The molecule has 0 radical (unpaired) electrons. The average molecular weight is 303 g/mol. The van der Waals surface area contributed by atoms with Crippen LogP contribution in [0.3, 0.4) is 0 Å². The van der Waals surface area contributed by atoms with Gasteiger partial charge >= 0.3 is 0 Å². The Morgan fingerprint density at radius 2 is 1.95 bits per heavy atom. The summed E-state index contributed by atoms with van der Waals surface area (Å²) in [5.74, 6) is 0.103. The van der Waals surface area contributed by atoms with Crippen LogP contribution in [0.5, 0.6) is 5.88 Å². The Hall–Kier alpha value is -2.77. The highest BCUT2D eigenvalue weighted by Gasteiger charge is 2.15. The molecule has 0 aliphatic carbocycles. The molecular formula is C14H14FN5O2. The molecule has 0 amide bonds. The number of halogens is 1. The number of nitrogens with one attached hydrogen (secondary N) is 1. The van der Waals surface area contributed by atoms with Crippen LogP contribution in [0.1, 0.15) is 19.8 Å². The van der Waals surface area contributed by atoms with Crippen molar-refractivity contribution >= 4 is 22.8 Å². The van der Waals surface area contributed by atoms with E-state index >= 15 is 0 Å². The Morgan fingerprint density at radius 1 is 1.18 bits per heavy atom. The first kappa shape index (κ1) is 14.2. The van der Waals surface area contributed by atoms with Gasteiger partial charge in [-0.1, -0.05) is 25.5 Å². The fourth-order valence-electron chi connectivity index (χ4n) is 1.81. The zero-order valence-electron chi connectivity index (χ0n) is 11.9. The maximum Gasteiger partial charge on any atom is 0.260 e. The SMILES string of the molecule is CCCCOc1nc2nonc2nc1Nc1ccccc1F. The van der Waals surface area contributed by atoms with Crippen molar-refractivity contribution < 1.29 is 13.8 Å². The monoisotopic (exact) mass is 303 g/mol. The molecule has 3 aromatic rings. The highest BCUT2D eigenvalue weighted by molar-refractivity contribution is 5.71. The number of anilines is 2. The number of hydrogen-bond acceptors (Lipinski definition) is 7. The topological polar surface area (TPSA) is 86.0 Å². The zero-order valence-corrected chi connectivity index (χ0v) is 11.9. The first-order valence-corrected chi connectivity index (χ1v) is 6.92. The largest absolute Gasteiger partial charge is 0.475 e. The number of para-hydroxylation sites is 1. The maximum absolute atomic E-state index is 13.8. The third kappa shape index (κ3) is 2.95. The van der Waals surface area contributed by atoms with Crippen molar-refractivity contribution in [2.45, 2.75) is 19.8 Å². The summed E-state index contributed by atoms with van der Waals surface area (Å²) in [4.78, 5) is 8.41. The van der Waals surface area contributed by atoms with Crippen LogP contribution >= 0.6 is 0 Å². The van der Waals surface area contributed by atoms with Crippen molar-refractivity contribution in [3.05, 3.63) is 30.1 Å². The molecule has 0 aliphatic rings. The Kier molecular flexibility index (Phi) is 4.08. The molecule has 22 heavy (non-hydrogen) atoms. The summed E-state index contributed by atoms with van der Waals surface area (Å²) >= 11 is 0. The summed E-state index contributed by atoms with van der Waals surface area (Å²) < 4.78 is 24.0. The van der Waals surface area contributed by atoms with Gasteiger partial charge in [0.1, 0.15) is 5.82 Å². The van der Waals surface area contributed by atoms with Crippen LogP contribution in [0.15, 0.2) is 28.9 Å². The van der Waals surface area contributed by atoms with Gasteiger partial charge in [-0.15, -0.1) is 0 Å². The van der Waals surface area contributed by atoms with Crippen LogP contribution in [0.25, 0.3) is 11.3 Å². The molecule has 0 spiro atoms. The summed E-state index contributed by atoms with van der Waals surface area (Å²) in [6.45, 7) is 2.53. The third-order valence-electron chi connectivity index (χ3n) is 2.95. The fourth-order valence-corrected chi connectivity index (χ4v) is 1.81. The van der Waals surface area contributed by atoms with E-state index in [-0.39, 0.29) is 28.7 Å². The van der Waals surface area contributed by atoms with E-state index in [1.807, 2.05) is 0 Å². The number of hydrogen-bond donors (Lipinski definition) is 1. The highest BCUT2D eigenvalue weighted by Crippen LogP contribution is 2.26. The number of nitrogens with zero attached hydrogens (tertiary/aromatic N) is 4. The molecule has 0 aliphatic heterocycles. The van der Waals surface area contributed by atoms with Crippen LogP contribution in [0.2, 0.25) is 0 Å². The Balaban J connectivity index is 1.94. The average Bonchev–Trinajstić information content (AvgIpc) is 2.97. The van der Waals surface area contributed by atoms with Gasteiger partial charge < -0.3 is 10.1 Å². The van der Waals surface area contributed by atoms with Gasteiger partial charge in [-0.3, -0.25) is 0 Å². The van der Waals surface area contributed by atoms with E-state index in [0.29, 0.717) is 6.61 Å². The molecule has 0 saturated carbocycles. The number of benzene rings is 1. The second kappa shape index (κ2) is 6.33. The van der Waals surface area contributed by atoms with Crippen molar-refractivity contribution in [3.63, 3.8) is 0 Å². The van der Waals surface area contributed by atoms with E-state index in [0.717, 1.165) is 12.8 Å². The van der Waals surface area contributed by atoms with Gasteiger partial charge in [0.2, 0.25) is 11.3 Å². The molecule has 0 atom stereocenters. The molecule has 1 aromatic carbocycles. The van der Waals surface area contributed by atoms with Gasteiger partial charge in [0, 0.05) is 0 Å². The van der Waals surface area contributed by atoms with E-state index in [4.69, 9.17) is 4.74 Å². The van der Waals surface area contributed by atoms with Gasteiger partial charge in [-0.05, 0) is 28.9 Å². The van der Waals surface area contributed by atoms with Gasteiger partial charge in [0.25, 0.3) is 5.88 Å². The molecule has 0 saturated heterocycles. The third-order valence-corrected chi connectivity index (χ3v) is 2.95. The van der Waals surface area contributed by atoms with Crippen LogP contribution in [-0.4, -0.2) is 26.9 Å². The second-order valence-corrected chi connectivity index (χ2v) is 4.60. The molecule has 3 rings (SSSR count). The first-order valence-electron chi connectivity index (χ1n) is 6.92. The summed E-state index contributed by atoms with van der Waals surface area (Å²) in [6.07, 6.45) is 1.85. The van der Waals surface area contributed by atoms with E-state index in [9.17, 15) is 4.39 Å². The predicted octanol–water partition coefficient (Wildman–Crippen LogP) is 3.07. The van der Waals surface area contributed by atoms with Crippen LogP contribution in [0, 0.1) is 5.82 Å². The lowest BCUT2D eigenvalue weighted by Crippen LogP contribution is -2.05. The number of unbranched alkanes of at least 4 members (excludes halogenated alkanes) is 1. The van der Waals surface area contributed by atoms with E-state index in [1.54, 1.807) is 18.2 Å². The summed E-state index contributed by atoms with van der Waals surface area (Å²) in [5.41, 5.74) is 0.736. The van der Waals surface area contributed by atoms with Crippen molar-refractivity contribution in [1.82, 2.24) is 20.3 Å². The summed E-state index contributed by atoms with van der Waals surface area (Å²) in [6, 6.07) is 6.27. The molecule has 1 N–H and O–H groups in total. The minimum atomic E-state index is -0.401. The molecule has 2 heterocycles. The van der Waals surface area contributed by atoms with E-state index in [2.05, 4.69) is 37.2 Å². The molecule has 0 fully saturated rings. The van der Waals surface area contributed by atoms with Crippen molar-refractivity contribution in [3.8, 4) is 5.88 Å². The summed E-state index contributed by atoms with van der Waals surface area (Å²) in [7, 11) is 0. The van der Waals surface area contributed by atoms with Crippen molar-refractivity contribution in [1.29, 1.82) is 0 Å². The fraction of sp³-hybridized carbons (Fsp3) is 0.286. The van der Waals surface area contributed by atoms with E-state index < -0.39 is 5.82 Å². The number of rotatable bonds is 6. The molecule has 7 nitrogen and oxygen atoms in total. The first-order chi connectivity index (χ1) is 10.8. The normalized spacial score (nSPS) is 10.8. The lowest BCUT2D eigenvalue weighted by molar-refractivity contribution is 0.298. The Bertz CT molecular complexity index is 777. The molecule has 8 heteroatoms. The number of fused-ring (bicyclic) bond motifs is 1. The molecule has 114 valence electrons.